The highest BCUT2D eigenvalue weighted by molar-refractivity contribution is 7.80. The van der Waals surface area contributed by atoms with Crippen LogP contribution in [0.3, 0.4) is 0 Å². The smallest absolute Gasteiger partial charge is 0.251 e. The van der Waals surface area contributed by atoms with E-state index in [4.69, 9.17) is 0 Å². The van der Waals surface area contributed by atoms with Crippen LogP contribution in [0.25, 0.3) is 0 Å². The molecule has 3 heteroatoms. The molecular weight excluding hydrogens is 206 g/mol. The van der Waals surface area contributed by atoms with Crippen molar-refractivity contribution in [2.75, 3.05) is 5.75 Å². The lowest BCUT2D eigenvalue weighted by molar-refractivity contribution is 0.701. The van der Waals surface area contributed by atoms with Gasteiger partial charge in [0, 0.05) is 24.1 Å². The van der Waals surface area contributed by atoms with Crippen LogP contribution in [0.15, 0.2) is 29.1 Å². The second-order valence-corrected chi connectivity index (χ2v) is 4.31. The van der Waals surface area contributed by atoms with E-state index in [1.165, 1.54) is 11.3 Å². The first kappa shape index (κ1) is 10.6. The molecule has 0 unspecified atom stereocenters. The minimum atomic E-state index is 0.0820. The van der Waals surface area contributed by atoms with Gasteiger partial charge in [-0.15, -0.1) is 0 Å². The Balaban J connectivity index is 2.41. The van der Waals surface area contributed by atoms with Crippen LogP contribution in [-0.4, -0.2) is 10.3 Å². The van der Waals surface area contributed by atoms with Crippen LogP contribution in [-0.2, 0) is 19.4 Å². The van der Waals surface area contributed by atoms with Gasteiger partial charge in [0.1, 0.15) is 0 Å². The molecule has 0 aliphatic heterocycles. The van der Waals surface area contributed by atoms with Crippen molar-refractivity contribution in [2.24, 2.45) is 0 Å². The van der Waals surface area contributed by atoms with Gasteiger partial charge >= 0.3 is 0 Å². The lowest BCUT2D eigenvalue weighted by Gasteiger charge is -2.12. The summed E-state index contributed by atoms with van der Waals surface area (Å²) in [6, 6.07) is 3.63. The molecule has 0 radical (unpaired) electrons. The van der Waals surface area contributed by atoms with Gasteiger partial charge in [0.15, 0.2) is 0 Å². The van der Waals surface area contributed by atoms with Crippen molar-refractivity contribution in [1.29, 1.82) is 0 Å². The molecule has 0 amide bonds. The van der Waals surface area contributed by atoms with E-state index in [9.17, 15) is 4.79 Å². The molecule has 0 N–H and O–H groups in total. The number of aromatic nitrogens is 1. The zero-order valence-corrected chi connectivity index (χ0v) is 9.59. The summed E-state index contributed by atoms with van der Waals surface area (Å²) in [6.07, 6.45) is 3.28. The van der Waals surface area contributed by atoms with Gasteiger partial charge in [0.05, 0.1) is 0 Å². The Hall–Kier alpha value is -0.960. The maximum absolute atomic E-state index is 11.7. The molecule has 80 valence electrons. The summed E-state index contributed by atoms with van der Waals surface area (Å²) < 4.78 is 1.85. The Morgan fingerprint density at radius 1 is 1.47 bits per heavy atom. The number of aryl methyl sites for hydroxylation is 1. The number of hydrogen-bond donors (Lipinski definition) is 1. The van der Waals surface area contributed by atoms with E-state index in [-0.39, 0.29) is 5.56 Å². The van der Waals surface area contributed by atoms with Crippen LogP contribution < -0.4 is 5.56 Å². The fourth-order valence-electron chi connectivity index (χ4n) is 2.08. The Bertz CT molecular complexity index is 447. The van der Waals surface area contributed by atoms with Crippen LogP contribution in [0.2, 0.25) is 0 Å². The van der Waals surface area contributed by atoms with E-state index in [1.54, 1.807) is 6.07 Å². The largest absolute Gasteiger partial charge is 0.308 e. The van der Waals surface area contributed by atoms with E-state index in [2.05, 4.69) is 19.2 Å². The molecule has 2 rings (SSSR count). The SMILES string of the molecule is C=C(CS)Cn1c2c(ccc1=O)CCC2. The highest BCUT2D eigenvalue weighted by Gasteiger charge is 2.15. The average molecular weight is 221 g/mol. The van der Waals surface area contributed by atoms with Gasteiger partial charge in [0.25, 0.3) is 5.56 Å². The summed E-state index contributed by atoms with van der Waals surface area (Å²) in [5.41, 5.74) is 3.59. The van der Waals surface area contributed by atoms with E-state index < -0.39 is 0 Å². The van der Waals surface area contributed by atoms with Crippen molar-refractivity contribution in [1.82, 2.24) is 4.57 Å². The summed E-state index contributed by atoms with van der Waals surface area (Å²) in [7, 11) is 0. The van der Waals surface area contributed by atoms with Gasteiger partial charge in [-0.1, -0.05) is 12.6 Å². The van der Waals surface area contributed by atoms with E-state index in [0.717, 1.165) is 24.8 Å². The molecular formula is C12H15NOS. The first-order valence-corrected chi connectivity index (χ1v) is 5.84. The normalized spacial score (nSPS) is 13.9. The Morgan fingerprint density at radius 3 is 3.00 bits per heavy atom. The third-order valence-electron chi connectivity index (χ3n) is 2.85. The summed E-state index contributed by atoms with van der Waals surface area (Å²) in [4.78, 5) is 11.7. The van der Waals surface area contributed by atoms with Gasteiger partial charge in [-0.3, -0.25) is 4.79 Å². The molecule has 1 aliphatic rings. The number of thiol groups is 1. The predicted octanol–water partition coefficient (Wildman–Crippen LogP) is 1.82. The molecule has 0 fully saturated rings. The average Bonchev–Trinajstić information content (AvgIpc) is 2.70. The standard InChI is InChI=1S/C12H15NOS/c1-9(8-15)7-13-11-4-2-3-10(11)5-6-12(13)14/h5-6,15H,1-4,7-8H2. The summed E-state index contributed by atoms with van der Waals surface area (Å²) >= 11 is 4.17. The van der Waals surface area contributed by atoms with Crippen LogP contribution >= 0.6 is 12.6 Å². The first-order valence-electron chi connectivity index (χ1n) is 5.21. The van der Waals surface area contributed by atoms with Crippen LogP contribution in [0.1, 0.15) is 17.7 Å². The molecule has 0 atom stereocenters. The van der Waals surface area contributed by atoms with E-state index >= 15 is 0 Å². The van der Waals surface area contributed by atoms with Crippen molar-refractivity contribution in [3.8, 4) is 0 Å². The molecule has 1 aliphatic carbocycles. The van der Waals surface area contributed by atoms with E-state index in [0.29, 0.717) is 12.3 Å². The molecule has 15 heavy (non-hydrogen) atoms. The number of rotatable bonds is 3. The highest BCUT2D eigenvalue weighted by Crippen LogP contribution is 2.20. The summed E-state index contributed by atoms with van der Waals surface area (Å²) in [6.45, 7) is 4.52. The van der Waals surface area contributed by atoms with Gasteiger partial charge < -0.3 is 4.57 Å². The molecule has 0 bridgehead atoms. The topological polar surface area (TPSA) is 22.0 Å². The molecule has 2 nitrogen and oxygen atoms in total. The zero-order chi connectivity index (χ0) is 10.8. The lowest BCUT2D eigenvalue weighted by Crippen LogP contribution is -2.23. The minimum Gasteiger partial charge on any atom is -0.308 e. The van der Waals surface area contributed by atoms with Gasteiger partial charge in [-0.25, -0.2) is 0 Å². The molecule has 0 saturated carbocycles. The molecule has 1 heterocycles. The number of fused-ring (bicyclic) bond motifs is 1. The van der Waals surface area contributed by atoms with Crippen LogP contribution in [0.5, 0.6) is 0 Å². The Morgan fingerprint density at radius 2 is 2.27 bits per heavy atom. The molecule has 1 aromatic rings. The van der Waals surface area contributed by atoms with E-state index in [1.807, 2.05) is 10.6 Å². The van der Waals surface area contributed by atoms with Gasteiger partial charge in [-0.05, 0) is 30.4 Å². The monoisotopic (exact) mass is 221 g/mol. The third kappa shape index (κ3) is 2.02. The van der Waals surface area contributed by atoms with Crippen molar-refractivity contribution >= 4 is 12.6 Å². The van der Waals surface area contributed by atoms with Crippen molar-refractivity contribution in [2.45, 2.75) is 25.8 Å². The van der Waals surface area contributed by atoms with Crippen LogP contribution in [0.4, 0.5) is 0 Å². The fourth-order valence-corrected chi connectivity index (χ4v) is 2.18. The molecule has 0 spiro atoms. The maximum atomic E-state index is 11.7. The quantitative estimate of drug-likeness (QED) is 0.610. The Kier molecular flexibility index (Phi) is 3.00. The summed E-state index contributed by atoms with van der Waals surface area (Å²) in [5, 5.41) is 0. The van der Waals surface area contributed by atoms with Gasteiger partial charge in [-0.2, -0.15) is 12.6 Å². The zero-order valence-electron chi connectivity index (χ0n) is 8.70. The second kappa shape index (κ2) is 4.27. The number of nitrogens with zero attached hydrogens (tertiary/aromatic N) is 1. The molecule has 0 aromatic carbocycles. The second-order valence-electron chi connectivity index (χ2n) is 3.99. The highest BCUT2D eigenvalue weighted by atomic mass is 32.1. The first-order chi connectivity index (χ1) is 7.22. The van der Waals surface area contributed by atoms with Gasteiger partial charge in [0.2, 0.25) is 0 Å². The fraction of sp³-hybridized carbons (Fsp3) is 0.417. The van der Waals surface area contributed by atoms with Crippen molar-refractivity contribution in [3.63, 3.8) is 0 Å². The lowest BCUT2D eigenvalue weighted by atomic mass is 10.2. The van der Waals surface area contributed by atoms with Crippen LogP contribution in [0, 0.1) is 0 Å². The molecule has 1 aromatic heterocycles. The summed E-state index contributed by atoms with van der Waals surface area (Å²) in [5.74, 6) is 0.635. The minimum absolute atomic E-state index is 0.0820. The predicted molar refractivity (Wildman–Crippen MR) is 65.7 cm³/mol. The third-order valence-corrected chi connectivity index (χ3v) is 3.30. The number of hydrogen-bond acceptors (Lipinski definition) is 2. The van der Waals surface area contributed by atoms with Crippen molar-refractivity contribution < 1.29 is 0 Å². The molecule has 0 saturated heterocycles. The maximum Gasteiger partial charge on any atom is 0.251 e. The Labute approximate surface area is 95.0 Å². The number of pyridine rings is 1. The van der Waals surface area contributed by atoms with Crippen molar-refractivity contribution in [3.05, 3.63) is 45.9 Å².